The molecule has 106 valence electrons. The Balaban J connectivity index is 2.11. The molecule has 3 nitrogen and oxygen atoms in total. The van der Waals surface area contributed by atoms with Crippen molar-refractivity contribution in [3.63, 3.8) is 0 Å². The van der Waals surface area contributed by atoms with Crippen LogP contribution >= 0.6 is 0 Å². The zero-order valence-corrected chi connectivity index (χ0v) is 12.4. The van der Waals surface area contributed by atoms with Crippen LogP contribution in [0.25, 0.3) is 0 Å². The summed E-state index contributed by atoms with van der Waals surface area (Å²) in [7, 11) is 0. The second-order valence-corrected chi connectivity index (χ2v) is 5.77. The number of rotatable bonds is 7. The summed E-state index contributed by atoms with van der Waals surface area (Å²) in [6.45, 7) is 9.35. The third-order valence-corrected chi connectivity index (χ3v) is 3.68. The first-order valence-electron chi connectivity index (χ1n) is 7.35. The number of nitrogen functional groups attached to an aromatic ring is 1. The van der Waals surface area contributed by atoms with Crippen molar-refractivity contribution in [3.8, 4) is 5.75 Å². The minimum Gasteiger partial charge on any atom is -0.494 e. The molecule has 1 saturated carbocycles. The SMILES string of the molecule is CCOc1ccc(N)cc1CN(CC1CC1)C(C)C. The smallest absolute Gasteiger partial charge is 0.123 e. The lowest BCUT2D eigenvalue weighted by atomic mass is 10.1. The highest BCUT2D eigenvalue weighted by Gasteiger charge is 2.26. The van der Waals surface area contributed by atoms with E-state index in [1.807, 2.05) is 25.1 Å². The van der Waals surface area contributed by atoms with E-state index in [0.717, 1.165) is 23.9 Å². The van der Waals surface area contributed by atoms with Crippen LogP contribution in [0.2, 0.25) is 0 Å². The van der Waals surface area contributed by atoms with Gasteiger partial charge in [0.15, 0.2) is 0 Å². The third kappa shape index (κ3) is 4.13. The molecule has 0 heterocycles. The lowest BCUT2D eigenvalue weighted by Crippen LogP contribution is -2.32. The monoisotopic (exact) mass is 262 g/mol. The molecular weight excluding hydrogens is 236 g/mol. The fourth-order valence-electron chi connectivity index (χ4n) is 2.33. The Hall–Kier alpha value is -1.22. The fraction of sp³-hybridized carbons (Fsp3) is 0.625. The molecule has 1 fully saturated rings. The molecule has 0 bridgehead atoms. The first kappa shape index (κ1) is 14.2. The summed E-state index contributed by atoms with van der Waals surface area (Å²) in [5.41, 5.74) is 7.93. The van der Waals surface area contributed by atoms with Crippen LogP contribution < -0.4 is 10.5 Å². The molecule has 1 aromatic carbocycles. The van der Waals surface area contributed by atoms with Crippen molar-refractivity contribution in [3.05, 3.63) is 23.8 Å². The van der Waals surface area contributed by atoms with Crippen molar-refractivity contribution in [1.82, 2.24) is 4.90 Å². The van der Waals surface area contributed by atoms with Gasteiger partial charge >= 0.3 is 0 Å². The predicted molar refractivity (Wildman–Crippen MR) is 80.3 cm³/mol. The molecule has 2 rings (SSSR count). The van der Waals surface area contributed by atoms with Gasteiger partial charge in [-0.15, -0.1) is 0 Å². The Morgan fingerprint density at radius 3 is 2.68 bits per heavy atom. The maximum atomic E-state index is 5.91. The maximum Gasteiger partial charge on any atom is 0.123 e. The van der Waals surface area contributed by atoms with Gasteiger partial charge in [0.2, 0.25) is 0 Å². The number of nitrogens with zero attached hydrogens (tertiary/aromatic N) is 1. The van der Waals surface area contributed by atoms with E-state index in [1.54, 1.807) is 0 Å². The van der Waals surface area contributed by atoms with Gasteiger partial charge in [-0.25, -0.2) is 0 Å². The van der Waals surface area contributed by atoms with Crippen LogP contribution in [0.3, 0.4) is 0 Å². The molecular formula is C16H26N2O. The Labute approximate surface area is 116 Å². The Morgan fingerprint density at radius 2 is 2.11 bits per heavy atom. The van der Waals surface area contributed by atoms with E-state index >= 15 is 0 Å². The van der Waals surface area contributed by atoms with E-state index in [-0.39, 0.29) is 0 Å². The number of hydrogen-bond donors (Lipinski definition) is 1. The van der Waals surface area contributed by atoms with Gasteiger partial charge in [0.05, 0.1) is 6.61 Å². The van der Waals surface area contributed by atoms with Gasteiger partial charge in [0.1, 0.15) is 5.75 Å². The van der Waals surface area contributed by atoms with Crippen LogP contribution in [0, 0.1) is 5.92 Å². The van der Waals surface area contributed by atoms with E-state index in [2.05, 4.69) is 18.7 Å². The van der Waals surface area contributed by atoms with Crippen molar-refractivity contribution >= 4 is 5.69 Å². The van der Waals surface area contributed by atoms with Gasteiger partial charge in [-0.05, 0) is 57.7 Å². The van der Waals surface area contributed by atoms with E-state index in [9.17, 15) is 0 Å². The summed E-state index contributed by atoms with van der Waals surface area (Å²) in [4.78, 5) is 2.52. The molecule has 0 amide bonds. The van der Waals surface area contributed by atoms with E-state index < -0.39 is 0 Å². The summed E-state index contributed by atoms with van der Waals surface area (Å²) in [6, 6.07) is 6.50. The standard InChI is InChI=1S/C16H26N2O/c1-4-19-16-8-7-15(17)9-14(16)11-18(12(2)3)10-13-5-6-13/h7-9,12-13H,4-6,10-11,17H2,1-3H3. The van der Waals surface area contributed by atoms with Crippen molar-refractivity contribution in [2.75, 3.05) is 18.9 Å². The normalized spacial score (nSPS) is 15.2. The lowest BCUT2D eigenvalue weighted by molar-refractivity contribution is 0.200. The Kier molecular flexibility index (Phi) is 4.70. The summed E-state index contributed by atoms with van der Waals surface area (Å²) >= 11 is 0. The molecule has 19 heavy (non-hydrogen) atoms. The van der Waals surface area contributed by atoms with Crippen molar-refractivity contribution < 1.29 is 4.74 Å². The van der Waals surface area contributed by atoms with E-state index in [0.29, 0.717) is 12.6 Å². The van der Waals surface area contributed by atoms with Crippen LogP contribution in [0.4, 0.5) is 5.69 Å². The van der Waals surface area contributed by atoms with Crippen LogP contribution in [0.5, 0.6) is 5.75 Å². The fourth-order valence-corrected chi connectivity index (χ4v) is 2.33. The first-order valence-corrected chi connectivity index (χ1v) is 7.35. The molecule has 3 heteroatoms. The average Bonchev–Trinajstić information content (AvgIpc) is 3.15. The predicted octanol–water partition coefficient (Wildman–Crippen LogP) is 3.29. The number of ether oxygens (including phenoxy) is 1. The van der Waals surface area contributed by atoms with Gasteiger partial charge in [0, 0.05) is 30.4 Å². The zero-order chi connectivity index (χ0) is 13.8. The van der Waals surface area contributed by atoms with Crippen molar-refractivity contribution in [2.24, 2.45) is 5.92 Å². The Bertz CT molecular complexity index is 413. The average molecular weight is 262 g/mol. The number of benzene rings is 1. The molecule has 0 aromatic heterocycles. The lowest BCUT2D eigenvalue weighted by Gasteiger charge is -2.27. The molecule has 2 N–H and O–H groups in total. The maximum absolute atomic E-state index is 5.91. The van der Waals surface area contributed by atoms with Gasteiger partial charge in [-0.2, -0.15) is 0 Å². The van der Waals surface area contributed by atoms with E-state index in [4.69, 9.17) is 10.5 Å². The molecule has 0 aliphatic heterocycles. The van der Waals surface area contributed by atoms with Gasteiger partial charge in [-0.3, -0.25) is 4.90 Å². The summed E-state index contributed by atoms with van der Waals surface area (Å²) < 4.78 is 5.71. The molecule has 0 radical (unpaired) electrons. The largest absolute Gasteiger partial charge is 0.494 e. The number of anilines is 1. The second-order valence-electron chi connectivity index (χ2n) is 5.77. The van der Waals surface area contributed by atoms with Crippen LogP contribution in [-0.2, 0) is 6.54 Å². The zero-order valence-electron chi connectivity index (χ0n) is 12.4. The highest BCUT2D eigenvalue weighted by molar-refractivity contribution is 5.47. The highest BCUT2D eigenvalue weighted by Crippen LogP contribution is 2.32. The topological polar surface area (TPSA) is 38.5 Å². The van der Waals surface area contributed by atoms with Gasteiger partial charge in [0.25, 0.3) is 0 Å². The summed E-state index contributed by atoms with van der Waals surface area (Å²) in [6.07, 6.45) is 2.77. The van der Waals surface area contributed by atoms with Crippen LogP contribution in [-0.4, -0.2) is 24.1 Å². The summed E-state index contributed by atoms with van der Waals surface area (Å²) in [5.74, 6) is 1.87. The number of hydrogen-bond acceptors (Lipinski definition) is 3. The second kappa shape index (κ2) is 6.29. The van der Waals surface area contributed by atoms with Gasteiger partial charge in [-0.1, -0.05) is 0 Å². The molecule has 0 spiro atoms. The molecule has 0 saturated heterocycles. The highest BCUT2D eigenvalue weighted by atomic mass is 16.5. The van der Waals surface area contributed by atoms with Crippen LogP contribution in [0.15, 0.2) is 18.2 Å². The minimum atomic E-state index is 0.552. The van der Waals surface area contributed by atoms with Gasteiger partial charge < -0.3 is 10.5 Å². The first-order chi connectivity index (χ1) is 9.10. The summed E-state index contributed by atoms with van der Waals surface area (Å²) in [5, 5.41) is 0. The molecule has 1 aliphatic rings. The minimum absolute atomic E-state index is 0.552. The van der Waals surface area contributed by atoms with Crippen LogP contribution in [0.1, 0.15) is 39.2 Å². The quantitative estimate of drug-likeness (QED) is 0.766. The number of nitrogens with two attached hydrogens (primary N) is 1. The van der Waals surface area contributed by atoms with Crippen molar-refractivity contribution in [1.29, 1.82) is 0 Å². The molecule has 1 aliphatic carbocycles. The third-order valence-electron chi connectivity index (χ3n) is 3.68. The molecule has 0 unspecified atom stereocenters. The van der Waals surface area contributed by atoms with E-state index in [1.165, 1.54) is 24.9 Å². The Morgan fingerprint density at radius 1 is 1.37 bits per heavy atom. The van der Waals surface area contributed by atoms with Crippen molar-refractivity contribution in [2.45, 2.75) is 46.2 Å². The molecule has 0 atom stereocenters. The molecule has 1 aromatic rings.